The van der Waals surface area contributed by atoms with Crippen molar-refractivity contribution in [2.24, 2.45) is 7.05 Å². The minimum absolute atomic E-state index is 0.0525. The van der Waals surface area contributed by atoms with Crippen LogP contribution >= 0.6 is 0 Å². The van der Waals surface area contributed by atoms with Gasteiger partial charge in [0.1, 0.15) is 4.90 Å². The minimum atomic E-state index is -3.75. The topological polar surface area (TPSA) is 92.5 Å². The molecule has 1 N–H and O–H groups in total. The van der Waals surface area contributed by atoms with Crippen molar-refractivity contribution in [1.29, 1.82) is 0 Å². The summed E-state index contributed by atoms with van der Waals surface area (Å²) < 4.78 is 28.2. The Balaban J connectivity index is 3.26. The van der Waals surface area contributed by atoms with Gasteiger partial charge in [-0.05, 0) is 27.7 Å². The number of hydrogen-bond acceptors (Lipinski definition) is 4. The third kappa shape index (κ3) is 3.18. The van der Waals surface area contributed by atoms with Crippen LogP contribution in [0.2, 0.25) is 0 Å². The molecule has 114 valence electrons. The number of nitrogens with zero attached hydrogens (tertiary/aromatic N) is 3. The highest BCUT2D eigenvalue weighted by Crippen LogP contribution is 2.24. The predicted octanol–water partition coefficient (Wildman–Crippen LogP) is 0.911. The zero-order chi connectivity index (χ0) is 15.7. The molecule has 0 amide bonds. The molecule has 0 saturated carbocycles. The molecular formula is C12H21N3O4S. The number of rotatable bonds is 6. The average molecular weight is 303 g/mol. The van der Waals surface area contributed by atoms with Crippen LogP contribution in [0.1, 0.15) is 31.7 Å². The van der Waals surface area contributed by atoms with Gasteiger partial charge in [0, 0.05) is 19.6 Å². The summed E-state index contributed by atoms with van der Waals surface area (Å²) in [7, 11) is -2.07. The van der Waals surface area contributed by atoms with Gasteiger partial charge < -0.3 is 5.11 Å². The molecule has 20 heavy (non-hydrogen) atoms. The van der Waals surface area contributed by atoms with Gasteiger partial charge in [0.2, 0.25) is 10.0 Å². The van der Waals surface area contributed by atoms with E-state index in [1.54, 1.807) is 34.7 Å². The standard InChI is InChI=1S/C12H21N3O4S/c1-8(2)15(7-6-11(16)17)20(18,19)12-9(3)13-14(5)10(12)4/h8H,6-7H2,1-5H3,(H,16,17). The molecule has 0 aliphatic heterocycles. The fourth-order valence-corrected chi connectivity index (χ4v) is 4.15. The Kier molecular flexibility index (Phi) is 4.93. The first kappa shape index (κ1) is 16.6. The Labute approximate surface area is 119 Å². The highest BCUT2D eigenvalue weighted by atomic mass is 32.2. The van der Waals surface area contributed by atoms with E-state index in [9.17, 15) is 13.2 Å². The van der Waals surface area contributed by atoms with Crippen molar-refractivity contribution in [3.63, 3.8) is 0 Å². The fourth-order valence-electron chi connectivity index (χ4n) is 2.11. The second-order valence-corrected chi connectivity index (χ2v) is 6.80. The molecule has 1 aromatic heterocycles. The van der Waals surface area contributed by atoms with E-state index in [0.29, 0.717) is 11.4 Å². The first-order valence-corrected chi connectivity index (χ1v) is 7.76. The van der Waals surface area contributed by atoms with Crippen molar-refractivity contribution in [3.05, 3.63) is 11.4 Å². The summed E-state index contributed by atoms with van der Waals surface area (Å²) in [6.45, 7) is 6.71. The summed E-state index contributed by atoms with van der Waals surface area (Å²) >= 11 is 0. The van der Waals surface area contributed by atoms with E-state index >= 15 is 0 Å². The van der Waals surface area contributed by atoms with Crippen LogP contribution in [0.25, 0.3) is 0 Å². The van der Waals surface area contributed by atoms with Gasteiger partial charge in [-0.25, -0.2) is 8.42 Å². The average Bonchev–Trinajstić information content (AvgIpc) is 2.51. The predicted molar refractivity (Wildman–Crippen MR) is 74.0 cm³/mol. The van der Waals surface area contributed by atoms with Crippen molar-refractivity contribution in [2.75, 3.05) is 6.54 Å². The molecule has 1 rings (SSSR count). The molecular weight excluding hydrogens is 282 g/mol. The Morgan fingerprint density at radius 1 is 1.40 bits per heavy atom. The van der Waals surface area contributed by atoms with Crippen LogP contribution < -0.4 is 0 Å². The second-order valence-electron chi connectivity index (χ2n) is 4.98. The first-order chi connectivity index (χ1) is 9.09. The number of sulfonamides is 1. The molecule has 0 saturated heterocycles. The van der Waals surface area contributed by atoms with Crippen molar-refractivity contribution in [1.82, 2.24) is 14.1 Å². The van der Waals surface area contributed by atoms with Gasteiger partial charge in [-0.1, -0.05) is 0 Å². The Bertz CT molecular complexity index is 604. The van der Waals surface area contributed by atoms with Crippen LogP contribution in [0.4, 0.5) is 0 Å². The summed E-state index contributed by atoms with van der Waals surface area (Å²) in [4.78, 5) is 10.9. The van der Waals surface area contributed by atoms with Crippen LogP contribution in [-0.2, 0) is 21.9 Å². The van der Waals surface area contributed by atoms with E-state index in [1.807, 2.05) is 0 Å². The molecule has 1 aromatic rings. The molecule has 0 radical (unpaired) electrons. The molecule has 7 nitrogen and oxygen atoms in total. The minimum Gasteiger partial charge on any atom is -0.481 e. The van der Waals surface area contributed by atoms with E-state index in [2.05, 4.69) is 5.10 Å². The summed E-state index contributed by atoms with van der Waals surface area (Å²) in [5.74, 6) is -1.02. The summed E-state index contributed by atoms with van der Waals surface area (Å²) in [6, 6.07) is -0.321. The first-order valence-electron chi connectivity index (χ1n) is 6.32. The van der Waals surface area contributed by atoms with Gasteiger partial charge in [0.05, 0.1) is 17.8 Å². The lowest BCUT2D eigenvalue weighted by molar-refractivity contribution is -0.137. The molecule has 0 aromatic carbocycles. The van der Waals surface area contributed by atoms with Crippen molar-refractivity contribution in [3.8, 4) is 0 Å². The van der Waals surface area contributed by atoms with Crippen molar-refractivity contribution in [2.45, 2.75) is 45.1 Å². The maximum atomic E-state index is 12.7. The van der Waals surface area contributed by atoms with Crippen molar-refractivity contribution >= 4 is 16.0 Å². The summed E-state index contributed by atoms with van der Waals surface area (Å²) in [5.41, 5.74) is 0.967. The van der Waals surface area contributed by atoms with Crippen LogP contribution in [0, 0.1) is 13.8 Å². The molecule has 0 aliphatic rings. The number of aryl methyl sites for hydroxylation is 2. The van der Waals surface area contributed by atoms with Gasteiger partial charge in [-0.2, -0.15) is 9.40 Å². The monoisotopic (exact) mass is 303 g/mol. The maximum Gasteiger partial charge on any atom is 0.304 e. The van der Waals surface area contributed by atoms with Crippen molar-refractivity contribution < 1.29 is 18.3 Å². The highest BCUT2D eigenvalue weighted by molar-refractivity contribution is 7.89. The Morgan fingerprint density at radius 2 is 1.95 bits per heavy atom. The zero-order valence-electron chi connectivity index (χ0n) is 12.4. The molecule has 0 fully saturated rings. The quantitative estimate of drug-likeness (QED) is 0.843. The molecule has 0 unspecified atom stereocenters. The number of aromatic nitrogens is 2. The summed E-state index contributed by atoms with van der Waals surface area (Å²) in [5, 5.41) is 12.9. The number of hydrogen-bond donors (Lipinski definition) is 1. The van der Waals surface area contributed by atoms with Gasteiger partial charge in [-0.3, -0.25) is 9.48 Å². The van der Waals surface area contributed by atoms with Crippen LogP contribution in [0.15, 0.2) is 4.90 Å². The molecule has 0 atom stereocenters. The van der Waals surface area contributed by atoms with E-state index in [4.69, 9.17) is 5.11 Å². The SMILES string of the molecule is Cc1nn(C)c(C)c1S(=O)(=O)N(CCC(=O)O)C(C)C. The lowest BCUT2D eigenvalue weighted by Gasteiger charge is -2.25. The van der Waals surface area contributed by atoms with E-state index in [0.717, 1.165) is 0 Å². The smallest absolute Gasteiger partial charge is 0.304 e. The Hall–Kier alpha value is -1.41. The van der Waals surface area contributed by atoms with E-state index in [-0.39, 0.29) is 23.9 Å². The largest absolute Gasteiger partial charge is 0.481 e. The normalized spacial score (nSPS) is 12.3. The van der Waals surface area contributed by atoms with Gasteiger partial charge in [0.25, 0.3) is 0 Å². The van der Waals surface area contributed by atoms with Gasteiger partial charge in [-0.15, -0.1) is 0 Å². The fraction of sp³-hybridized carbons (Fsp3) is 0.667. The van der Waals surface area contributed by atoms with Crippen LogP contribution in [0.5, 0.6) is 0 Å². The maximum absolute atomic E-state index is 12.7. The lowest BCUT2D eigenvalue weighted by Crippen LogP contribution is -2.38. The number of aliphatic carboxylic acids is 1. The number of carboxylic acids is 1. The molecule has 1 heterocycles. The third-order valence-corrected chi connectivity index (χ3v) is 5.46. The molecule has 0 spiro atoms. The van der Waals surface area contributed by atoms with Crippen LogP contribution in [0.3, 0.4) is 0 Å². The van der Waals surface area contributed by atoms with Gasteiger partial charge >= 0.3 is 5.97 Å². The number of carbonyl (C=O) groups is 1. The molecule has 8 heteroatoms. The summed E-state index contributed by atoms with van der Waals surface area (Å²) in [6.07, 6.45) is -0.226. The second kappa shape index (κ2) is 5.92. The van der Waals surface area contributed by atoms with Crippen LogP contribution in [-0.4, -0.2) is 46.2 Å². The van der Waals surface area contributed by atoms with Gasteiger partial charge in [0.15, 0.2) is 0 Å². The van der Waals surface area contributed by atoms with E-state index < -0.39 is 16.0 Å². The molecule has 0 bridgehead atoms. The lowest BCUT2D eigenvalue weighted by atomic mass is 10.3. The zero-order valence-corrected chi connectivity index (χ0v) is 13.2. The van der Waals surface area contributed by atoms with E-state index in [1.165, 1.54) is 8.99 Å². The molecule has 0 aliphatic carbocycles. The third-order valence-electron chi connectivity index (χ3n) is 3.13. The number of carboxylic acid groups (broad SMARTS) is 1. The highest BCUT2D eigenvalue weighted by Gasteiger charge is 2.32. The Morgan fingerprint density at radius 3 is 2.30 bits per heavy atom.